The normalized spacial score (nSPS) is 23.4. The van der Waals surface area contributed by atoms with Crippen molar-refractivity contribution in [2.45, 2.75) is 45.4 Å². The third kappa shape index (κ3) is 2.99. The van der Waals surface area contributed by atoms with Crippen LogP contribution >= 0.6 is 0 Å². The third-order valence-electron chi connectivity index (χ3n) is 5.33. The Morgan fingerprint density at radius 3 is 2.71 bits per heavy atom. The van der Waals surface area contributed by atoms with Crippen molar-refractivity contribution >= 4 is 11.9 Å². The van der Waals surface area contributed by atoms with Gasteiger partial charge in [0.15, 0.2) is 0 Å². The summed E-state index contributed by atoms with van der Waals surface area (Å²) in [5.41, 5.74) is 1.53. The quantitative estimate of drug-likeness (QED) is 0.808. The second kappa shape index (κ2) is 6.86. The number of nitrogens with one attached hydrogen (secondary N) is 1. The lowest BCUT2D eigenvalue weighted by Crippen LogP contribution is -2.40. The van der Waals surface area contributed by atoms with E-state index in [1.807, 2.05) is 56.3 Å². The van der Waals surface area contributed by atoms with E-state index in [4.69, 9.17) is 9.47 Å². The Kier molecular flexibility index (Phi) is 4.49. The van der Waals surface area contributed by atoms with Gasteiger partial charge in [0.25, 0.3) is 5.91 Å². The first kappa shape index (κ1) is 18.3. The number of fused-ring (bicyclic) bond motifs is 1. The van der Waals surface area contributed by atoms with Crippen molar-refractivity contribution in [2.75, 3.05) is 6.61 Å². The van der Waals surface area contributed by atoms with E-state index in [0.29, 0.717) is 12.4 Å². The Bertz CT molecular complexity index is 928. The van der Waals surface area contributed by atoms with E-state index in [2.05, 4.69) is 5.32 Å². The molecule has 1 N–H and O–H groups in total. The van der Waals surface area contributed by atoms with Crippen molar-refractivity contribution < 1.29 is 19.1 Å². The predicted molar refractivity (Wildman–Crippen MR) is 104 cm³/mol. The molecule has 2 atom stereocenters. The van der Waals surface area contributed by atoms with Crippen LogP contribution in [0, 0.1) is 0 Å². The van der Waals surface area contributed by atoms with E-state index in [9.17, 15) is 9.59 Å². The first-order valence-electron chi connectivity index (χ1n) is 9.57. The van der Waals surface area contributed by atoms with Crippen LogP contribution < -0.4 is 14.8 Å². The molecule has 2 heterocycles. The summed E-state index contributed by atoms with van der Waals surface area (Å²) in [4.78, 5) is 27.1. The van der Waals surface area contributed by atoms with Gasteiger partial charge in [0, 0.05) is 17.5 Å². The van der Waals surface area contributed by atoms with Gasteiger partial charge in [-0.2, -0.15) is 0 Å². The molecule has 0 saturated carbocycles. The summed E-state index contributed by atoms with van der Waals surface area (Å²) in [6.07, 6.45) is 0.933. The molecule has 2 aliphatic heterocycles. The molecule has 3 amide bonds. The number of nitrogens with zero attached hydrogens (tertiary/aromatic N) is 1. The fourth-order valence-electron chi connectivity index (χ4n) is 3.87. The summed E-state index contributed by atoms with van der Waals surface area (Å²) in [5.74, 6) is 1.21. The molecule has 1 fully saturated rings. The van der Waals surface area contributed by atoms with Gasteiger partial charge in [-0.25, -0.2) is 4.79 Å². The summed E-state index contributed by atoms with van der Waals surface area (Å²) >= 11 is 0. The Hall–Kier alpha value is -3.02. The summed E-state index contributed by atoms with van der Waals surface area (Å²) in [5, 5.41) is 2.84. The zero-order valence-electron chi connectivity index (χ0n) is 16.3. The van der Waals surface area contributed by atoms with Crippen molar-refractivity contribution in [3.63, 3.8) is 0 Å². The van der Waals surface area contributed by atoms with E-state index in [1.165, 1.54) is 4.90 Å². The number of carbonyl (C=O) groups is 2. The van der Waals surface area contributed by atoms with Crippen molar-refractivity contribution in [2.24, 2.45) is 0 Å². The monoisotopic (exact) mass is 380 g/mol. The highest BCUT2D eigenvalue weighted by atomic mass is 16.5. The second-order valence-electron chi connectivity index (χ2n) is 7.45. The van der Waals surface area contributed by atoms with Gasteiger partial charge < -0.3 is 14.8 Å². The van der Waals surface area contributed by atoms with E-state index in [0.717, 1.165) is 28.9 Å². The zero-order chi connectivity index (χ0) is 19.9. The molecule has 2 aromatic carbocycles. The lowest BCUT2D eigenvalue weighted by Gasteiger charge is -2.22. The Morgan fingerprint density at radius 1 is 1.25 bits per heavy atom. The SMILES string of the molecule is CCOc1cc2c(cc1CN1C(=O)NC(C)(c3ccccc3)C1=O)OC(C)C2. The van der Waals surface area contributed by atoms with E-state index >= 15 is 0 Å². The van der Waals surface area contributed by atoms with Crippen LogP contribution in [0.4, 0.5) is 4.79 Å². The minimum Gasteiger partial charge on any atom is -0.494 e. The summed E-state index contributed by atoms with van der Waals surface area (Å²) in [6.45, 7) is 6.30. The van der Waals surface area contributed by atoms with Crippen LogP contribution in [-0.2, 0) is 23.3 Å². The van der Waals surface area contributed by atoms with Gasteiger partial charge >= 0.3 is 6.03 Å². The highest BCUT2D eigenvalue weighted by Crippen LogP contribution is 2.37. The highest BCUT2D eigenvalue weighted by molar-refractivity contribution is 6.07. The lowest BCUT2D eigenvalue weighted by molar-refractivity contribution is -0.131. The van der Waals surface area contributed by atoms with Crippen molar-refractivity contribution in [3.8, 4) is 11.5 Å². The molecule has 146 valence electrons. The number of benzene rings is 2. The maximum Gasteiger partial charge on any atom is 0.325 e. The molecular weight excluding hydrogens is 356 g/mol. The topological polar surface area (TPSA) is 67.9 Å². The first-order valence-corrected chi connectivity index (χ1v) is 9.57. The number of hydrogen-bond donors (Lipinski definition) is 1. The number of imide groups is 1. The number of hydrogen-bond acceptors (Lipinski definition) is 4. The maximum absolute atomic E-state index is 13.2. The zero-order valence-corrected chi connectivity index (χ0v) is 16.3. The summed E-state index contributed by atoms with van der Waals surface area (Å²) in [6, 6.07) is 12.7. The third-order valence-corrected chi connectivity index (χ3v) is 5.33. The Balaban J connectivity index is 1.65. The molecule has 4 rings (SSSR count). The van der Waals surface area contributed by atoms with Crippen molar-refractivity contribution in [1.82, 2.24) is 10.2 Å². The van der Waals surface area contributed by atoms with Crippen LogP contribution in [0.2, 0.25) is 0 Å². The van der Waals surface area contributed by atoms with Gasteiger partial charge in [-0.3, -0.25) is 9.69 Å². The van der Waals surface area contributed by atoms with Crippen molar-refractivity contribution in [1.29, 1.82) is 0 Å². The van der Waals surface area contributed by atoms with Gasteiger partial charge in [0.1, 0.15) is 23.1 Å². The van der Waals surface area contributed by atoms with Crippen molar-refractivity contribution in [3.05, 3.63) is 59.2 Å². The molecule has 2 unspecified atom stereocenters. The van der Waals surface area contributed by atoms with E-state index in [-0.39, 0.29) is 18.6 Å². The molecule has 0 aliphatic carbocycles. The average molecular weight is 380 g/mol. The molecule has 1 saturated heterocycles. The molecule has 0 radical (unpaired) electrons. The number of amides is 3. The van der Waals surface area contributed by atoms with Crippen LogP contribution in [0.25, 0.3) is 0 Å². The maximum atomic E-state index is 13.2. The van der Waals surface area contributed by atoms with Crippen LogP contribution in [0.3, 0.4) is 0 Å². The fourth-order valence-corrected chi connectivity index (χ4v) is 3.87. The van der Waals surface area contributed by atoms with Gasteiger partial charge in [0.05, 0.1) is 13.2 Å². The van der Waals surface area contributed by atoms with Gasteiger partial charge in [-0.1, -0.05) is 30.3 Å². The number of ether oxygens (including phenoxy) is 2. The number of rotatable bonds is 5. The van der Waals surface area contributed by atoms with Gasteiger partial charge in [-0.05, 0) is 38.5 Å². The van der Waals surface area contributed by atoms with Crippen LogP contribution in [-0.4, -0.2) is 29.5 Å². The number of carbonyl (C=O) groups excluding carboxylic acids is 2. The highest BCUT2D eigenvalue weighted by Gasteiger charge is 2.49. The Morgan fingerprint density at radius 2 is 2.00 bits per heavy atom. The van der Waals surface area contributed by atoms with Gasteiger partial charge in [-0.15, -0.1) is 0 Å². The van der Waals surface area contributed by atoms with E-state index in [1.54, 1.807) is 6.92 Å². The average Bonchev–Trinajstić information content (AvgIpc) is 3.14. The minimum absolute atomic E-state index is 0.109. The van der Waals surface area contributed by atoms with Gasteiger partial charge in [0.2, 0.25) is 0 Å². The standard InChI is InChI=1S/C22H24N2O4/c1-4-27-18-11-15-10-14(2)28-19(15)12-16(18)13-24-20(25)22(3,23-21(24)26)17-8-6-5-7-9-17/h5-9,11-12,14H,4,10,13H2,1-3H3,(H,23,26). The summed E-state index contributed by atoms with van der Waals surface area (Å²) < 4.78 is 11.6. The Labute approximate surface area is 164 Å². The van der Waals surface area contributed by atoms with Crippen LogP contribution in [0.1, 0.15) is 37.5 Å². The fraction of sp³-hybridized carbons (Fsp3) is 0.364. The smallest absolute Gasteiger partial charge is 0.325 e. The first-order chi connectivity index (χ1) is 13.4. The molecule has 0 bridgehead atoms. The minimum atomic E-state index is -1.08. The van der Waals surface area contributed by atoms with E-state index < -0.39 is 11.6 Å². The lowest BCUT2D eigenvalue weighted by atomic mass is 9.92. The van der Waals surface area contributed by atoms with Crippen LogP contribution in [0.15, 0.2) is 42.5 Å². The molecule has 28 heavy (non-hydrogen) atoms. The largest absolute Gasteiger partial charge is 0.494 e. The molecular formula is C22H24N2O4. The molecule has 6 heteroatoms. The number of urea groups is 1. The molecule has 0 spiro atoms. The molecule has 2 aromatic rings. The predicted octanol–water partition coefficient (Wildman–Crippen LogP) is 3.38. The summed E-state index contributed by atoms with van der Waals surface area (Å²) in [7, 11) is 0. The molecule has 6 nitrogen and oxygen atoms in total. The molecule has 2 aliphatic rings. The molecule has 0 aromatic heterocycles. The van der Waals surface area contributed by atoms with Crippen LogP contribution in [0.5, 0.6) is 11.5 Å². The second-order valence-corrected chi connectivity index (χ2v) is 7.45.